The molecule has 0 radical (unpaired) electrons. The van der Waals surface area contributed by atoms with Gasteiger partial charge in [0, 0.05) is 30.2 Å². The van der Waals surface area contributed by atoms with Gasteiger partial charge in [-0.3, -0.25) is 9.78 Å². The summed E-state index contributed by atoms with van der Waals surface area (Å²) in [4.78, 5) is 21.6. The maximum absolute atomic E-state index is 12.0. The van der Waals surface area contributed by atoms with Crippen molar-refractivity contribution >= 4 is 10.0 Å². The highest BCUT2D eigenvalue weighted by Gasteiger charge is 2.16. The lowest BCUT2D eigenvalue weighted by atomic mass is 10.2. The molecule has 0 atom stereocenters. The van der Waals surface area contributed by atoms with Gasteiger partial charge in [-0.1, -0.05) is 5.16 Å². The monoisotopic (exact) mass is 333 g/mol. The zero-order chi connectivity index (χ0) is 16.3. The van der Waals surface area contributed by atoms with Gasteiger partial charge in [0.15, 0.2) is 0 Å². The summed E-state index contributed by atoms with van der Waals surface area (Å²) in [5, 5.41) is 3.71. The molecule has 0 unspecified atom stereocenters. The molecule has 0 aromatic carbocycles. The Morgan fingerprint density at radius 2 is 2.17 bits per heavy atom. The molecule has 23 heavy (non-hydrogen) atoms. The normalized spacial score (nSPS) is 11.5. The molecule has 0 aliphatic rings. The third-order valence-corrected chi connectivity index (χ3v) is 4.25. The van der Waals surface area contributed by atoms with Crippen LogP contribution in [0.1, 0.15) is 5.89 Å². The van der Waals surface area contributed by atoms with Gasteiger partial charge in [0.05, 0.1) is 6.54 Å². The van der Waals surface area contributed by atoms with E-state index in [1.54, 1.807) is 6.07 Å². The lowest BCUT2D eigenvalue weighted by Gasteiger charge is -2.03. The fourth-order valence-electron chi connectivity index (χ4n) is 1.77. The molecule has 10 heteroatoms. The van der Waals surface area contributed by atoms with Crippen LogP contribution in [-0.4, -0.2) is 28.5 Å². The first-order valence-corrected chi connectivity index (χ1v) is 7.94. The molecular weight excluding hydrogens is 322 g/mol. The number of rotatable bonds is 5. The Balaban J connectivity index is 1.74. The maximum Gasteiger partial charge on any atom is 0.248 e. The van der Waals surface area contributed by atoms with E-state index in [-0.39, 0.29) is 28.7 Å². The number of hydrogen-bond donors (Lipinski definition) is 2. The summed E-state index contributed by atoms with van der Waals surface area (Å²) in [6.45, 7) is -0.173. The highest BCUT2D eigenvalue weighted by molar-refractivity contribution is 7.89. The average Bonchev–Trinajstić information content (AvgIpc) is 3.03. The molecule has 0 saturated carbocycles. The van der Waals surface area contributed by atoms with E-state index in [1.165, 1.54) is 36.8 Å². The topological polar surface area (TPSA) is 131 Å². The summed E-state index contributed by atoms with van der Waals surface area (Å²) in [7, 11) is -3.72. The van der Waals surface area contributed by atoms with Crippen LogP contribution in [0, 0.1) is 0 Å². The van der Waals surface area contributed by atoms with Crippen molar-refractivity contribution in [2.75, 3.05) is 0 Å². The molecular formula is C13H11N5O4S. The number of sulfonamides is 1. The second kappa shape index (κ2) is 6.10. The van der Waals surface area contributed by atoms with E-state index in [4.69, 9.17) is 4.52 Å². The minimum atomic E-state index is -3.72. The molecule has 0 bridgehead atoms. The van der Waals surface area contributed by atoms with Crippen LogP contribution in [0.3, 0.4) is 0 Å². The lowest BCUT2D eigenvalue weighted by molar-refractivity contribution is 0.376. The van der Waals surface area contributed by atoms with Gasteiger partial charge in [0.2, 0.25) is 27.3 Å². The fraction of sp³-hybridized carbons (Fsp3) is 0.0769. The van der Waals surface area contributed by atoms with Gasteiger partial charge >= 0.3 is 0 Å². The first kappa shape index (κ1) is 15.1. The van der Waals surface area contributed by atoms with Gasteiger partial charge < -0.3 is 9.51 Å². The van der Waals surface area contributed by atoms with Crippen LogP contribution in [0.4, 0.5) is 0 Å². The minimum Gasteiger partial charge on any atom is -0.338 e. The van der Waals surface area contributed by atoms with Crippen molar-refractivity contribution in [3.63, 3.8) is 0 Å². The molecule has 3 aromatic rings. The van der Waals surface area contributed by atoms with Crippen molar-refractivity contribution < 1.29 is 12.9 Å². The molecule has 0 fully saturated rings. The highest BCUT2D eigenvalue weighted by atomic mass is 32.2. The second-order valence-electron chi connectivity index (χ2n) is 4.47. The standard InChI is InChI=1S/C13H11N5O4S/c19-11-6-9(3-5-15-11)13-17-12(22-18-13)8-16-23(20,21)10-2-1-4-14-7-10/h1-7,16H,8H2,(H,15,19). The lowest BCUT2D eigenvalue weighted by Crippen LogP contribution is -2.23. The number of pyridine rings is 2. The SMILES string of the molecule is O=c1cc(-c2noc(CNS(=O)(=O)c3cccnc3)n2)cc[nH]1. The van der Waals surface area contributed by atoms with Crippen LogP contribution in [0.5, 0.6) is 0 Å². The third-order valence-electron chi connectivity index (χ3n) is 2.86. The molecule has 9 nitrogen and oxygen atoms in total. The Labute approximate surface area is 130 Å². The number of hydrogen-bond acceptors (Lipinski definition) is 7. The predicted molar refractivity (Wildman–Crippen MR) is 78.6 cm³/mol. The summed E-state index contributed by atoms with van der Waals surface area (Å²) < 4.78 is 31.4. The molecule has 0 aliphatic carbocycles. The Morgan fingerprint density at radius 1 is 1.30 bits per heavy atom. The first-order chi connectivity index (χ1) is 11.0. The summed E-state index contributed by atoms with van der Waals surface area (Å²) in [5.74, 6) is 0.277. The van der Waals surface area contributed by atoms with Gasteiger partial charge in [0.1, 0.15) is 4.90 Å². The zero-order valence-corrected chi connectivity index (χ0v) is 12.4. The molecule has 0 amide bonds. The highest BCUT2D eigenvalue weighted by Crippen LogP contribution is 2.13. The van der Waals surface area contributed by atoms with Crippen LogP contribution in [0.15, 0.2) is 57.1 Å². The Morgan fingerprint density at radius 3 is 2.91 bits per heavy atom. The predicted octanol–water partition coefficient (Wildman–Crippen LogP) is 0.298. The van der Waals surface area contributed by atoms with Crippen LogP contribution in [0.25, 0.3) is 11.4 Å². The van der Waals surface area contributed by atoms with Crippen LogP contribution < -0.4 is 10.3 Å². The van der Waals surface area contributed by atoms with Gasteiger partial charge in [-0.15, -0.1) is 0 Å². The summed E-state index contributed by atoms with van der Waals surface area (Å²) in [6, 6.07) is 5.86. The number of nitrogens with zero attached hydrogens (tertiary/aromatic N) is 3. The summed E-state index contributed by atoms with van der Waals surface area (Å²) >= 11 is 0. The van der Waals surface area contributed by atoms with Crippen molar-refractivity contribution in [3.8, 4) is 11.4 Å². The zero-order valence-electron chi connectivity index (χ0n) is 11.6. The van der Waals surface area contributed by atoms with Gasteiger partial charge in [0.25, 0.3) is 0 Å². The number of nitrogens with one attached hydrogen (secondary N) is 2. The van der Waals surface area contributed by atoms with E-state index in [0.717, 1.165) is 0 Å². The smallest absolute Gasteiger partial charge is 0.248 e. The molecule has 0 saturated heterocycles. The Hall–Kier alpha value is -2.85. The van der Waals surface area contributed by atoms with E-state index in [0.29, 0.717) is 5.56 Å². The first-order valence-electron chi connectivity index (χ1n) is 6.46. The molecule has 118 valence electrons. The van der Waals surface area contributed by atoms with Gasteiger partial charge in [-0.2, -0.15) is 4.98 Å². The Kier molecular flexibility index (Phi) is 4.00. The van der Waals surface area contributed by atoms with E-state index < -0.39 is 10.0 Å². The van der Waals surface area contributed by atoms with Gasteiger partial charge in [-0.05, 0) is 18.2 Å². The third kappa shape index (κ3) is 3.49. The van der Waals surface area contributed by atoms with Crippen molar-refractivity contribution in [1.82, 2.24) is 24.8 Å². The summed E-state index contributed by atoms with van der Waals surface area (Å²) in [5.41, 5.74) is 0.171. The number of aromatic amines is 1. The number of H-pyrrole nitrogens is 1. The number of aromatic nitrogens is 4. The van der Waals surface area contributed by atoms with Crippen LogP contribution in [-0.2, 0) is 16.6 Å². The van der Waals surface area contributed by atoms with Crippen molar-refractivity contribution in [3.05, 3.63) is 59.1 Å². The van der Waals surface area contributed by atoms with Crippen molar-refractivity contribution in [2.45, 2.75) is 11.4 Å². The van der Waals surface area contributed by atoms with E-state index in [2.05, 4.69) is 24.8 Å². The molecule has 3 rings (SSSR count). The second-order valence-corrected chi connectivity index (χ2v) is 6.23. The molecule has 3 heterocycles. The van der Waals surface area contributed by atoms with Gasteiger partial charge in [-0.25, -0.2) is 13.1 Å². The quantitative estimate of drug-likeness (QED) is 0.686. The van der Waals surface area contributed by atoms with Crippen molar-refractivity contribution in [2.24, 2.45) is 0 Å². The van der Waals surface area contributed by atoms with E-state index >= 15 is 0 Å². The molecule has 0 aliphatic heterocycles. The molecule has 2 N–H and O–H groups in total. The van der Waals surface area contributed by atoms with Crippen molar-refractivity contribution in [1.29, 1.82) is 0 Å². The van der Waals surface area contributed by atoms with E-state index in [9.17, 15) is 13.2 Å². The maximum atomic E-state index is 12.0. The minimum absolute atomic E-state index is 0.0364. The Bertz CT molecular complexity index is 965. The van der Waals surface area contributed by atoms with Crippen LogP contribution in [0.2, 0.25) is 0 Å². The fourth-order valence-corrected chi connectivity index (χ4v) is 2.71. The largest absolute Gasteiger partial charge is 0.338 e. The summed E-state index contributed by atoms with van der Waals surface area (Å²) in [6.07, 6.45) is 4.17. The molecule has 0 spiro atoms. The van der Waals surface area contributed by atoms with E-state index in [1.807, 2.05) is 0 Å². The van der Waals surface area contributed by atoms with Crippen LogP contribution >= 0.6 is 0 Å². The molecule has 3 aromatic heterocycles. The average molecular weight is 333 g/mol.